The van der Waals surface area contributed by atoms with Crippen molar-refractivity contribution in [3.05, 3.63) is 90.3 Å². The molecule has 178 valence electrons. The van der Waals surface area contributed by atoms with Crippen LogP contribution < -0.4 is 10.6 Å². The number of rotatable bonds is 7. The number of nitrogens with zero attached hydrogens (tertiary/aromatic N) is 7. The number of nitriles is 1. The van der Waals surface area contributed by atoms with Gasteiger partial charge < -0.3 is 10.6 Å². The van der Waals surface area contributed by atoms with Gasteiger partial charge in [0, 0.05) is 24.3 Å². The standard InChI is InChI=1S/C25H19F2N9/c1-15(16-4-6-18(7-5-16)34-21-14-29-8-9-30-21)33-25-32-12-17(11-28)22(35-25)20-13-31-24-19(23(26)27)3-2-10-36(20)24/h2-10,12-15,23H,1H3,(H,30,34)(H,32,33,35)/t15-/m0/s1. The van der Waals surface area contributed by atoms with Gasteiger partial charge in [-0.25, -0.2) is 28.7 Å². The fourth-order valence-corrected chi connectivity index (χ4v) is 3.75. The minimum absolute atomic E-state index is 0.114. The van der Waals surface area contributed by atoms with Crippen LogP contribution in [0.4, 0.5) is 26.2 Å². The zero-order valence-corrected chi connectivity index (χ0v) is 19.0. The SMILES string of the molecule is C[C@H](Nc1ncc(C#N)c(-c2cnc3c(C(F)F)cccn23)n1)c1ccc(Nc2cnccn2)cc1. The molecule has 11 heteroatoms. The molecule has 1 atom stereocenters. The molecular weight excluding hydrogens is 464 g/mol. The smallest absolute Gasteiger partial charge is 0.267 e. The molecule has 0 radical (unpaired) electrons. The molecule has 0 saturated heterocycles. The van der Waals surface area contributed by atoms with Crippen molar-refractivity contribution in [1.82, 2.24) is 29.3 Å². The van der Waals surface area contributed by atoms with Gasteiger partial charge in [-0.2, -0.15) is 5.26 Å². The molecule has 4 heterocycles. The van der Waals surface area contributed by atoms with Crippen molar-refractivity contribution in [3.63, 3.8) is 0 Å². The minimum Gasteiger partial charge on any atom is -0.348 e. The van der Waals surface area contributed by atoms with E-state index in [1.807, 2.05) is 31.2 Å². The summed E-state index contributed by atoms with van der Waals surface area (Å²) in [4.78, 5) is 21.2. The molecule has 5 rings (SSSR count). The molecule has 2 N–H and O–H groups in total. The number of imidazole rings is 1. The molecule has 9 nitrogen and oxygen atoms in total. The first kappa shape index (κ1) is 22.8. The minimum atomic E-state index is -2.68. The molecular formula is C25H19F2N9. The molecule has 0 amide bonds. The van der Waals surface area contributed by atoms with Gasteiger partial charge in [0.25, 0.3) is 6.43 Å². The second-order valence-corrected chi connectivity index (χ2v) is 7.87. The van der Waals surface area contributed by atoms with Crippen LogP contribution in [0.5, 0.6) is 0 Å². The lowest BCUT2D eigenvalue weighted by Crippen LogP contribution is -2.10. The summed E-state index contributed by atoms with van der Waals surface area (Å²) < 4.78 is 28.3. The zero-order valence-electron chi connectivity index (χ0n) is 19.0. The predicted octanol–water partition coefficient (Wildman–Crippen LogP) is 5.31. The summed E-state index contributed by atoms with van der Waals surface area (Å²) in [5.41, 5.74) is 2.68. The quantitative estimate of drug-likeness (QED) is 0.320. The van der Waals surface area contributed by atoms with Crippen molar-refractivity contribution >= 4 is 23.1 Å². The fraction of sp³-hybridized carbons (Fsp3) is 0.120. The van der Waals surface area contributed by atoms with Crippen molar-refractivity contribution in [2.45, 2.75) is 19.4 Å². The van der Waals surface area contributed by atoms with Gasteiger partial charge in [-0.3, -0.25) is 9.38 Å². The van der Waals surface area contributed by atoms with Crippen molar-refractivity contribution in [2.75, 3.05) is 10.6 Å². The number of alkyl halides is 2. The van der Waals surface area contributed by atoms with E-state index in [9.17, 15) is 14.0 Å². The average molecular weight is 483 g/mol. The monoisotopic (exact) mass is 483 g/mol. The van der Waals surface area contributed by atoms with Crippen LogP contribution in [0.3, 0.4) is 0 Å². The highest BCUT2D eigenvalue weighted by atomic mass is 19.3. The van der Waals surface area contributed by atoms with E-state index in [-0.39, 0.29) is 22.8 Å². The average Bonchev–Trinajstić information content (AvgIpc) is 3.34. The van der Waals surface area contributed by atoms with Gasteiger partial charge >= 0.3 is 0 Å². The van der Waals surface area contributed by atoms with Crippen LogP contribution in [-0.4, -0.2) is 29.3 Å². The van der Waals surface area contributed by atoms with Gasteiger partial charge in [0.05, 0.1) is 41.5 Å². The van der Waals surface area contributed by atoms with Crippen LogP contribution in [-0.2, 0) is 0 Å². The summed E-state index contributed by atoms with van der Waals surface area (Å²) in [6.07, 6.45) is 6.62. The number of anilines is 3. The molecule has 0 unspecified atom stereocenters. The number of fused-ring (bicyclic) bond motifs is 1. The topological polar surface area (TPSA) is 117 Å². The van der Waals surface area contributed by atoms with Crippen molar-refractivity contribution < 1.29 is 8.78 Å². The Morgan fingerprint density at radius 2 is 1.83 bits per heavy atom. The highest BCUT2D eigenvalue weighted by Gasteiger charge is 2.19. The van der Waals surface area contributed by atoms with E-state index in [0.717, 1.165) is 11.3 Å². The fourth-order valence-electron chi connectivity index (χ4n) is 3.75. The number of hydrogen-bond acceptors (Lipinski definition) is 8. The molecule has 5 aromatic rings. The number of aromatic nitrogens is 6. The molecule has 36 heavy (non-hydrogen) atoms. The van der Waals surface area contributed by atoms with E-state index >= 15 is 0 Å². The van der Waals surface area contributed by atoms with Gasteiger partial charge in [0.1, 0.15) is 23.2 Å². The van der Waals surface area contributed by atoms with Gasteiger partial charge in [-0.05, 0) is 36.8 Å². The Morgan fingerprint density at radius 3 is 2.56 bits per heavy atom. The third-order valence-corrected chi connectivity index (χ3v) is 5.54. The Balaban J connectivity index is 1.40. The van der Waals surface area contributed by atoms with Gasteiger partial charge in [0.15, 0.2) is 0 Å². The predicted molar refractivity (Wildman–Crippen MR) is 130 cm³/mol. The van der Waals surface area contributed by atoms with E-state index in [1.165, 1.54) is 28.9 Å². The Bertz CT molecular complexity index is 1540. The second-order valence-electron chi connectivity index (χ2n) is 7.87. The summed E-state index contributed by atoms with van der Waals surface area (Å²) in [5.74, 6) is 0.932. The van der Waals surface area contributed by atoms with Gasteiger partial charge in [0.2, 0.25) is 5.95 Å². The third kappa shape index (κ3) is 4.52. The molecule has 0 saturated carbocycles. The van der Waals surface area contributed by atoms with Crippen LogP contribution in [0, 0.1) is 11.3 Å². The van der Waals surface area contributed by atoms with Crippen molar-refractivity contribution in [3.8, 4) is 17.5 Å². The first-order valence-corrected chi connectivity index (χ1v) is 10.9. The number of benzene rings is 1. The third-order valence-electron chi connectivity index (χ3n) is 5.54. The highest BCUT2D eigenvalue weighted by Crippen LogP contribution is 2.29. The molecule has 0 aliphatic carbocycles. The first-order chi connectivity index (χ1) is 17.5. The maximum absolute atomic E-state index is 13.4. The van der Waals surface area contributed by atoms with E-state index in [1.54, 1.807) is 24.8 Å². The van der Waals surface area contributed by atoms with Crippen LogP contribution in [0.2, 0.25) is 0 Å². The van der Waals surface area contributed by atoms with Crippen LogP contribution in [0.15, 0.2) is 73.6 Å². The maximum Gasteiger partial charge on any atom is 0.267 e. The van der Waals surface area contributed by atoms with Crippen molar-refractivity contribution in [1.29, 1.82) is 5.26 Å². The van der Waals surface area contributed by atoms with Crippen molar-refractivity contribution in [2.24, 2.45) is 0 Å². The molecule has 0 spiro atoms. The lowest BCUT2D eigenvalue weighted by Gasteiger charge is -2.16. The maximum atomic E-state index is 13.4. The normalized spacial score (nSPS) is 11.9. The Morgan fingerprint density at radius 1 is 1.00 bits per heavy atom. The van der Waals surface area contributed by atoms with E-state index in [0.29, 0.717) is 23.2 Å². The summed E-state index contributed by atoms with van der Waals surface area (Å²) in [7, 11) is 0. The van der Waals surface area contributed by atoms with Crippen LogP contribution in [0.25, 0.3) is 17.0 Å². The number of nitrogens with one attached hydrogen (secondary N) is 2. The van der Waals surface area contributed by atoms with Crippen LogP contribution >= 0.6 is 0 Å². The highest BCUT2D eigenvalue weighted by molar-refractivity contribution is 5.68. The van der Waals surface area contributed by atoms with E-state index < -0.39 is 6.43 Å². The molecule has 4 aromatic heterocycles. The lowest BCUT2D eigenvalue weighted by molar-refractivity contribution is 0.152. The Kier molecular flexibility index (Phi) is 6.15. The summed E-state index contributed by atoms with van der Waals surface area (Å²) in [6.45, 7) is 1.95. The first-order valence-electron chi connectivity index (χ1n) is 10.9. The molecule has 0 aliphatic rings. The molecule has 0 aliphatic heterocycles. The van der Waals surface area contributed by atoms with Gasteiger partial charge in [-0.1, -0.05) is 12.1 Å². The molecule has 0 bridgehead atoms. The van der Waals surface area contributed by atoms with Crippen LogP contribution in [0.1, 0.15) is 36.1 Å². The molecule has 1 aromatic carbocycles. The number of hydrogen-bond donors (Lipinski definition) is 2. The summed E-state index contributed by atoms with van der Waals surface area (Å²) in [5, 5.41) is 16.0. The summed E-state index contributed by atoms with van der Waals surface area (Å²) in [6, 6.07) is 12.5. The lowest BCUT2D eigenvalue weighted by atomic mass is 10.1. The Hall–Kier alpha value is -4.98. The second kappa shape index (κ2) is 9.71. The Labute approximate surface area is 204 Å². The zero-order chi connectivity index (χ0) is 25.1. The number of halogens is 2. The van der Waals surface area contributed by atoms with Gasteiger partial charge in [-0.15, -0.1) is 0 Å². The number of pyridine rings is 1. The van der Waals surface area contributed by atoms with E-state index in [4.69, 9.17) is 0 Å². The summed E-state index contributed by atoms with van der Waals surface area (Å²) >= 11 is 0. The van der Waals surface area contributed by atoms with E-state index in [2.05, 4.69) is 41.6 Å². The largest absolute Gasteiger partial charge is 0.348 e. The molecule has 0 fully saturated rings.